The highest BCUT2D eigenvalue weighted by Crippen LogP contribution is 2.59. The lowest BCUT2D eigenvalue weighted by Crippen LogP contribution is -2.52. The van der Waals surface area contributed by atoms with Crippen molar-refractivity contribution >= 4 is 5.69 Å². The van der Waals surface area contributed by atoms with Crippen LogP contribution in [-0.2, 0) is 0 Å². The third-order valence-electron chi connectivity index (χ3n) is 7.28. The molecule has 24 heavy (non-hydrogen) atoms. The van der Waals surface area contributed by atoms with E-state index in [1.807, 2.05) is 0 Å². The number of nitrogens with zero attached hydrogens (tertiary/aromatic N) is 2. The Bertz CT molecular complexity index is 650. The first-order valence-electron chi connectivity index (χ1n) is 9.69. The van der Waals surface area contributed by atoms with E-state index in [4.69, 9.17) is 0 Å². The predicted octanol–water partition coefficient (Wildman–Crippen LogP) is 4.42. The molecule has 2 heteroatoms. The molecule has 2 fully saturated rings. The molecule has 5 rings (SSSR count). The third kappa shape index (κ3) is 2.60. The Kier molecular flexibility index (Phi) is 3.99. The van der Waals surface area contributed by atoms with Crippen LogP contribution in [0.1, 0.15) is 37.8 Å². The van der Waals surface area contributed by atoms with Gasteiger partial charge in [0.1, 0.15) is 0 Å². The minimum Gasteiger partial charge on any atom is -0.369 e. The van der Waals surface area contributed by atoms with Crippen molar-refractivity contribution in [2.24, 2.45) is 17.3 Å². The van der Waals surface area contributed by atoms with E-state index < -0.39 is 0 Å². The van der Waals surface area contributed by atoms with Crippen molar-refractivity contribution < 1.29 is 0 Å². The van der Waals surface area contributed by atoms with Crippen LogP contribution in [0, 0.1) is 31.1 Å². The second-order valence-corrected chi connectivity index (χ2v) is 8.80. The summed E-state index contributed by atoms with van der Waals surface area (Å²) in [5, 5.41) is 0. The normalized spacial score (nSPS) is 29.2. The maximum absolute atomic E-state index is 2.68. The number of anilines is 1. The molecule has 0 aromatic heterocycles. The lowest BCUT2D eigenvalue weighted by atomic mass is 9.49. The number of fused-ring (bicyclic) bond motifs is 1. The highest BCUT2D eigenvalue weighted by atomic mass is 15.3. The average Bonchev–Trinajstić information content (AvgIpc) is 2.58. The molecule has 4 aliphatic rings. The van der Waals surface area contributed by atoms with Crippen LogP contribution in [0.25, 0.3) is 0 Å². The monoisotopic (exact) mass is 324 g/mol. The van der Waals surface area contributed by atoms with Crippen molar-refractivity contribution in [3.63, 3.8) is 0 Å². The molecular weight excluding hydrogens is 292 g/mol. The quantitative estimate of drug-likeness (QED) is 0.760. The van der Waals surface area contributed by atoms with E-state index >= 15 is 0 Å². The fourth-order valence-corrected chi connectivity index (χ4v) is 5.14. The number of hydrogen-bond donors (Lipinski definition) is 0. The first-order chi connectivity index (χ1) is 11.5. The fraction of sp³-hybridized carbons (Fsp3) is 0.636. The minimum atomic E-state index is 0.560. The van der Waals surface area contributed by atoms with Gasteiger partial charge < -0.3 is 4.90 Å². The van der Waals surface area contributed by atoms with Crippen LogP contribution in [0.2, 0.25) is 0 Å². The number of benzene rings is 1. The van der Waals surface area contributed by atoms with Crippen LogP contribution < -0.4 is 4.90 Å². The second kappa shape index (κ2) is 5.91. The largest absolute Gasteiger partial charge is 0.369 e. The molecule has 2 bridgehead atoms. The molecule has 0 spiro atoms. The van der Waals surface area contributed by atoms with Crippen LogP contribution in [0.4, 0.5) is 5.69 Å². The van der Waals surface area contributed by atoms with Crippen LogP contribution in [0.15, 0.2) is 29.8 Å². The number of hydrogen-bond acceptors (Lipinski definition) is 2. The molecule has 0 unspecified atom stereocenters. The van der Waals surface area contributed by atoms with Gasteiger partial charge in [0.2, 0.25) is 0 Å². The predicted molar refractivity (Wildman–Crippen MR) is 103 cm³/mol. The molecule has 1 saturated carbocycles. The maximum Gasteiger partial charge on any atom is 0.0399 e. The Morgan fingerprint density at radius 1 is 1.08 bits per heavy atom. The van der Waals surface area contributed by atoms with Gasteiger partial charge >= 0.3 is 0 Å². The first kappa shape index (κ1) is 16.2. The van der Waals surface area contributed by atoms with Crippen LogP contribution in [0.5, 0.6) is 0 Å². The summed E-state index contributed by atoms with van der Waals surface area (Å²) in [5.74, 6) is 1.81. The summed E-state index contributed by atoms with van der Waals surface area (Å²) in [7, 11) is 0. The SMILES string of the molecule is Cc1cccc(N2CCN(CC3=CC[C@H]4C[C@H]3C4(C)C)CC2)c1C. The van der Waals surface area contributed by atoms with Gasteiger partial charge in [0.15, 0.2) is 0 Å². The van der Waals surface area contributed by atoms with E-state index in [9.17, 15) is 0 Å². The van der Waals surface area contributed by atoms with Crippen molar-refractivity contribution in [3.05, 3.63) is 41.0 Å². The van der Waals surface area contributed by atoms with Gasteiger partial charge in [-0.15, -0.1) is 0 Å². The number of allylic oxidation sites excluding steroid dienone is 1. The summed E-state index contributed by atoms with van der Waals surface area (Å²) >= 11 is 0. The second-order valence-electron chi connectivity index (χ2n) is 8.80. The van der Waals surface area contributed by atoms with Crippen molar-refractivity contribution in [1.82, 2.24) is 4.90 Å². The van der Waals surface area contributed by atoms with E-state index in [-0.39, 0.29) is 0 Å². The molecule has 1 aromatic carbocycles. The van der Waals surface area contributed by atoms with Crippen molar-refractivity contribution in [2.75, 3.05) is 37.6 Å². The summed E-state index contributed by atoms with van der Waals surface area (Å²) < 4.78 is 0. The summed E-state index contributed by atoms with van der Waals surface area (Å²) in [4.78, 5) is 5.26. The summed E-state index contributed by atoms with van der Waals surface area (Å²) in [6.07, 6.45) is 5.34. The Labute approximate surface area is 147 Å². The topological polar surface area (TPSA) is 6.48 Å². The summed E-state index contributed by atoms with van der Waals surface area (Å²) in [5.41, 5.74) is 6.59. The van der Waals surface area contributed by atoms with Gasteiger partial charge in [-0.3, -0.25) is 4.90 Å². The molecular formula is C22H32N2. The average molecular weight is 325 g/mol. The van der Waals surface area contributed by atoms with Gasteiger partial charge in [0.05, 0.1) is 0 Å². The summed E-state index contributed by atoms with van der Waals surface area (Å²) in [6, 6.07) is 6.71. The Balaban J connectivity index is 1.37. The van der Waals surface area contributed by atoms with Crippen LogP contribution >= 0.6 is 0 Å². The molecule has 3 aliphatic carbocycles. The smallest absolute Gasteiger partial charge is 0.0399 e. The Morgan fingerprint density at radius 2 is 1.83 bits per heavy atom. The first-order valence-corrected chi connectivity index (χ1v) is 9.69. The van der Waals surface area contributed by atoms with E-state index in [1.54, 1.807) is 5.57 Å². The molecule has 1 aromatic rings. The van der Waals surface area contributed by atoms with E-state index in [1.165, 1.54) is 49.3 Å². The van der Waals surface area contributed by atoms with E-state index in [0.717, 1.165) is 24.9 Å². The molecule has 1 aliphatic heterocycles. The Morgan fingerprint density at radius 3 is 2.50 bits per heavy atom. The lowest BCUT2D eigenvalue weighted by Gasteiger charge is -2.57. The fourth-order valence-electron chi connectivity index (χ4n) is 5.14. The number of piperazine rings is 1. The molecule has 0 radical (unpaired) electrons. The van der Waals surface area contributed by atoms with Gasteiger partial charge in [-0.2, -0.15) is 0 Å². The van der Waals surface area contributed by atoms with Gasteiger partial charge in [-0.05, 0) is 61.1 Å². The molecule has 1 heterocycles. The lowest BCUT2D eigenvalue weighted by molar-refractivity contribution is -0.0107. The third-order valence-corrected chi connectivity index (χ3v) is 7.28. The highest BCUT2D eigenvalue weighted by Gasteiger charge is 2.51. The van der Waals surface area contributed by atoms with Gasteiger partial charge in [0.25, 0.3) is 0 Å². The highest BCUT2D eigenvalue weighted by molar-refractivity contribution is 5.56. The number of rotatable bonds is 3. The molecule has 1 saturated heterocycles. The summed E-state index contributed by atoms with van der Waals surface area (Å²) in [6.45, 7) is 15.4. The molecule has 0 amide bonds. The molecule has 0 N–H and O–H groups in total. The van der Waals surface area contributed by atoms with Crippen molar-refractivity contribution in [3.8, 4) is 0 Å². The van der Waals surface area contributed by atoms with E-state index in [0.29, 0.717) is 5.41 Å². The number of aryl methyl sites for hydroxylation is 1. The zero-order valence-corrected chi connectivity index (χ0v) is 15.8. The molecule has 2 nitrogen and oxygen atoms in total. The molecule has 130 valence electrons. The van der Waals surface area contributed by atoms with Crippen LogP contribution in [0.3, 0.4) is 0 Å². The van der Waals surface area contributed by atoms with Crippen molar-refractivity contribution in [2.45, 2.75) is 40.5 Å². The Hall–Kier alpha value is -1.28. The minimum absolute atomic E-state index is 0.560. The zero-order chi connectivity index (χ0) is 16.9. The molecule has 2 atom stereocenters. The van der Waals surface area contributed by atoms with Gasteiger partial charge in [-0.1, -0.05) is 37.6 Å². The van der Waals surface area contributed by atoms with Gasteiger partial charge in [-0.25, -0.2) is 0 Å². The van der Waals surface area contributed by atoms with Gasteiger partial charge in [0, 0.05) is 38.4 Å². The van der Waals surface area contributed by atoms with Crippen LogP contribution in [-0.4, -0.2) is 37.6 Å². The van der Waals surface area contributed by atoms with Crippen molar-refractivity contribution in [1.29, 1.82) is 0 Å². The maximum atomic E-state index is 2.68. The van der Waals surface area contributed by atoms with E-state index in [2.05, 4.69) is 61.8 Å². The standard InChI is InChI=1S/C22H32N2/c1-16-6-5-7-21(17(16)2)24-12-10-23(11-13-24)15-18-8-9-19-14-20(18)22(19,3)4/h5-8,19-20H,9-15H2,1-4H3/t19-,20+/m0/s1. The zero-order valence-electron chi connectivity index (χ0n) is 15.8.